The summed E-state index contributed by atoms with van der Waals surface area (Å²) in [5, 5.41) is 11.5. The summed E-state index contributed by atoms with van der Waals surface area (Å²) in [7, 11) is -2.92. The van der Waals surface area contributed by atoms with E-state index in [4.69, 9.17) is 23.7 Å². The Morgan fingerprint density at radius 2 is 1.79 bits per heavy atom. The third-order valence-corrected chi connectivity index (χ3v) is 8.89. The number of hydrazine groups is 1. The summed E-state index contributed by atoms with van der Waals surface area (Å²) < 4.78 is 55.3. The highest BCUT2D eigenvalue weighted by molar-refractivity contribution is 7.89. The van der Waals surface area contributed by atoms with Crippen molar-refractivity contribution in [1.82, 2.24) is 9.84 Å². The number of methoxy groups -OCH3 is 1. The highest BCUT2D eigenvalue weighted by Crippen LogP contribution is 2.33. The van der Waals surface area contributed by atoms with Gasteiger partial charge in [-0.05, 0) is 63.4 Å². The van der Waals surface area contributed by atoms with Crippen molar-refractivity contribution in [3.8, 4) is 5.75 Å². The largest absolute Gasteiger partial charge is 0.497 e. The second-order valence-corrected chi connectivity index (χ2v) is 13.5. The first-order valence-corrected chi connectivity index (χ1v) is 15.6. The summed E-state index contributed by atoms with van der Waals surface area (Å²) in [5.74, 6) is -0.924. The minimum Gasteiger partial charge on any atom is -0.497 e. The Kier molecular flexibility index (Phi) is 10.7. The highest BCUT2D eigenvalue weighted by atomic mass is 32.2. The van der Waals surface area contributed by atoms with Crippen LogP contribution in [0.15, 0.2) is 59.5 Å². The van der Waals surface area contributed by atoms with Gasteiger partial charge in [0.1, 0.15) is 17.5 Å². The van der Waals surface area contributed by atoms with Crippen LogP contribution in [0.4, 0.5) is 4.79 Å². The van der Waals surface area contributed by atoms with E-state index < -0.39 is 52.4 Å². The van der Waals surface area contributed by atoms with E-state index in [0.717, 1.165) is 5.56 Å². The van der Waals surface area contributed by atoms with Crippen molar-refractivity contribution >= 4 is 22.1 Å². The average molecular weight is 621 g/mol. The van der Waals surface area contributed by atoms with Crippen LogP contribution in [0.2, 0.25) is 0 Å². The molecule has 2 aromatic rings. The van der Waals surface area contributed by atoms with E-state index in [0.29, 0.717) is 23.2 Å². The number of sulfonamides is 1. The number of aliphatic hydroxyl groups is 1. The number of fused-ring (bicyclic) bond motifs is 1. The fraction of sp³-hybridized carbons (Fsp3) is 0.533. The van der Waals surface area contributed by atoms with Crippen LogP contribution in [0, 0.1) is 11.8 Å². The third kappa shape index (κ3) is 8.89. The van der Waals surface area contributed by atoms with E-state index in [1.165, 1.54) is 31.4 Å². The maximum atomic E-state index is 13.7. The molecule has 43 heavy (non-hydrogen) atoms. The molecule has 2 aromatic carbocycles. The van der Waals surface area contributed by atoms with E-state index >= 15 is 0 Å². The second kappa shape index (κ2) is 14.0. The molecule has 0 bridgehead atoms. The zero-order valence-corrected chi connectivity index (χ0v) is 25.6. The Morgan fingerprint density at radius 3 is 2.44 bits per heavy atom. The van der Waals surface area contributed by atoms with E-state index in [1.54, 1.807) is 20.8 Å². The summed E-state index contributed by atoms with van der Waals surface area (Å²) in [6.07, 6.45) is -2.50. The van der Waals surface area contributed by atoms with Gasteiger partial charge < -0.3 is 28.8 Å². The van der Waals surface area contributed by atoms with Crippen molar-refractivity contribution in [3.05, 3.63) is 60.2 Å². The first kappa shape index (κ1) is 32.7. The number of rotatable bonds is 12. The van der Waals surface area contributed by atoms with Gasteiger partial charge in [0.05, 0.1) is 50.2 Å². The van der Waals surface area contributed by atoms with E-state index in [1.807, 2.05) is 30.3 Å². The van der Waals surface area contributed by atoms with Crippen LogP contribution >= 0.6 is 0 Å². The molecule has 5 atom stereocenters. The number of hydrogen-bond acceptors (Lipinski definition) is 10. The van der Waals surface area contributed by atoms with Crippen molar-refractivity contribution < 1.29 is 46.8 Å². The van der Waals surface area contributed by atoms with Gasteiger partial charge >= 0.3 is 12.1 Å². The molecule has 13 heteroatoms. The lowest BCUT2D eigenvalue weighted by molar-refractivity contribution is -0.153. The molecule has 2 aliphatic rings. The number of hydrogen-bond donors (Lipinski definition) is 2. The Hall–Kier alpha value is -3.23. The smallest absolute Gasteiger partial charge is 0.423 e. The van der Waals surface area contributed by atoms with Crippen LogP contribution in [0.3, 0.4) is 0 Å². The Bertz CT molecular complexity index is 1330. The number of aliphatic hydroxyl groups excluding tert-OH is 1. The quantitative estimate of drug-likeness (QED) is 0.268. The number of carbonyl (C=O) groups is 2. The van der Waals surface area contributed by atoms with Gasteiger partial charge in [0, 0.05) is 5.92 Å². The lowest BCUT2D eigenvalue weighted by Crippen LogP contribution is -2.52. The van der Waals surface area contributed by atoms with Gasteiger partial charge in [0.2, 0.25) is 0 Å². The van der Waals surface area contributed by atoms with Gasteiger partial charge in [-0.1, -0.05) is 30.3 Å². The van der Waals surface area contributed by atoms with Gasteiger partial charge in [0.15, 0.2) is 6.29 Å². The third-order valence-electron chi connectivity index (χ3n) is 7.20. The van der Waals surface area contributed by atoms with Crippen LogP contribution in [0.25, 0.3) is 0 Å². The van der Waals surface area contributed by atoms with Gasteiger partial charge in [-0.2, -0.15) is 0 Å². The van der Waals surface area contributed by atoms with Gasteiger partial charge in [-0.3, -0.25) is 4.79 Å². The molecule has 2 unspecified atom stereocenters. The molecule has 4 rings (SSSR count). The van der Waals surface area contributed by atoms with Crippen molar-refractivity contribution in [1.29, 1.82) is 0 Å². The lowest BCUT2D eigenvalue weighted by atomic mass is 9.91. The minimum absolute atomic E-state index is 0.0513. The number of esters is 1. The predicted molar refractivity (Wildman–Crippen MR) is 154 cm³/mol. The van der Waals surface area contributed by atoms with Crippen LogP contribution in [-0.4, -0.2) is 81.0 Å². The zero-order valence-electron chi connectivity index (χ0n) is 24.8. The van der Waals surface area contributed by atoms with Crippen LogP contribution in [0.5, 0.6) is 5.75 Å². The molecular formula is C30H40N2O10S. The van der Waals surface area contributed by atoms with Crippen LogP contribution < -0.4 is 10.2 Å². The SMILES string of the molecule is COc1ccc(S(=O)(=O)N(C[C@@H](O)[C@@H](CC(=O)OC2CO[C@H]3OCCC23)Cc2ccccc2)NC(=O)OC(C)(C)C)cc1. The first-order chi connectivity index (χ1) is 20.4. The summed E-state index contributed by atoms with van der Waals surface area (Å²) in [5.41, 5.74) is 2.19. The van der Waals surface area contributed by atoms with Crippen molar-refractivity contribution in [2.45, 2.75) is 69.0 Å². The summed E-state index contributed by atoms with van der Waals surface area (Å²) >= 11 is 0. The van der Waals surface area contributed by atoms with E-state index in [2.05, 4.69) is 5.43 Å². The Morgan fingerprint density at radius 1 is 1.09 bits per heavy atom. The number of nitrogens with zero attached hydrogens (tertiary/aromatic N) is 1. The van der Waals surface area contributed by atoms with Gasteiger partial charge in [-0.25, -0.2) is 18.6 Å². The number of ether oxygens (including phenoxy) is 5. The minimum atomic E-state index is -4.38. The fourth-order valence-electron chi connectivity index (χ4n) is 5.04. The van der Waals surface area contributed by atoms with Crippen LogP contribution in [-0.2, 0) is 40.2 Å². The predicted octanol–water partition coefficient (Wildman–Crippen LogP) is 3.04. The maximum Gasteiger partial charge on any atom is 0.423 e. The molecule has 0 aromatic heterocycles. The molecule has 12 nitrogen and oxygen atoms in total. The Balaban J connectivity index is 1.55. The molecule has 2 N–H and O–H groups in total. The molecule has 2 heterocycles. The molecule has 1 amide bonds. The number of nitrogens with one attached hydrogen (secondary N) is 1. The molecule has 0 spiro atoms. The molecule has 0 radical (unpaired) electrons. The summed E-state index contributed by atoms with van der Waals surface area (Å²) in [6.45, 7) is 5.10. The van der Waals surface area contributed by atoms with Crippen molar-refractivity contribution in [2.75, 3.05) is 26.9 Å². The summed E-state index contributed by atoms with van der Waals surface area (Å²) in [6, 6.07) is 14.8. The zero-order chi connectivity index (χ0) is 31.2. The van der Waals surface area contributed by atoms with E-state index in [-0.39, 0.29) is 36.6 Å². The van der Waals surface area contributed by atoms with Crippen molar-refractivity contribution in [2.24, 2.45) is 11.8 Å². The monoisotopic (exact) mass is 620 g/mol. The molecule has 2 saturated heterocycles. The number of amides is 1. The fourth-order valence-corrected chi connectivity index (χ4v) is 6.32. The standard InChI is InChI=1S/C30H40N2O10S/c1-30(2,3)42-29(35)31-32(43(36,37)23-12-10-22(38-4)11-13-23)18-25(33)21(16-20-8-6-5-7-9-20)17-27(34)41-26-19-40-28-24(26)14-15-39-28/h5-13,21,24-26,28,33H,14-19H2,1-4H3,(H,31,35)/t21-,24?,25-,26?,28-/m1/s1. The first-order valence-electron chi connectivity index (χ1n) is 14.2. The number of carbonyl (C=O) groups excluding carboxylic acids is 2. The average Bonchev–Trinajstić information content (AvgIpc) is 3.57. The molecule has 236 valence electrons. The molecule has 0 saturated carbocycles. The number of benzene rings is 2. The topological polar surface area (TPSA) is 150 Å². The van der Waals surface area contributed by atoms with E-state index in [9.17, 15) is 23.1 Å². The van der Waals surface area contributed by atoms with Crippen molar-refractivity contribution in [3.63, 3.8) is 0 Å². The molecule has 2 fully saturated rings. The van der Waals surface area contributed by atoms with Gasteiger partial charge in [0.25, 0.3) is 10.0 Å². The van der Waals surface area contributed by atoms with Crippen LogP contribution in [0.1, 0.15) is 39.2 Å². The van der Waals surface area contributed by atoms with Gasteiger partial charge in [-0.15, -0.1) is 4.41 Å². The summed E-state index contributed by atoms with van der Waals surface area (Å²) in [4.78, 5) is 25.7. The highest BCUT2D eigenvalue weighted by Gasteiger charge is 2.44. The molecule has 2 aliphatic heterocycles. The normalized spacial score (nSPS) is 21.6. The molecule has 0 aliphatic carbocycles. The molecular weight excluding hydrogens is 580 g/mol. The Labute approximate surface area is 252 Å². The maximum absolute atomic E-state index is 13.7. The lowest BCUT2D eigenvalue weighted by Gasteiger charge is -2.30. The second-order valence-electron chi connectivity index (χ2n) is 11.6.